The van der Waals surface area contributed by atoms with Gasteiger partial charge in [0.15, 0.2) is 0 Å². The van der Waals surface area contributed by atoms with Gasteiger partial charge in [0.2, 0.25) is 0 Å². The monoisotopic (exact) mass is 183 g/mol. The molecule has 0 aromatic heterocycles. The van der Waals surface area contributed by atoms with E-state index >= 15 is 0 Å². The number of hydrogen-bond acceptors (Lipinski definition) is 2. The second-order valence-electron chi connectivity index (χ2n) is 2.82. The van der Waals surface area contributed by atoms with E-state index in [9.17, 15) is 9.18 Å². The van der Waals surface area contributed by atoms with Gasteiger partial charge in [-0.1, -0.05) is 6.07 Å². The number of nitrogens with two attached hydrogens (primary N) is 1. The Morgan fingerprint density at radius 1 is 1.62 bits per heavy atom. The molecule has 0 atom stereocenters. The molecular formula is C9H10FNO2. The summed E-state index contributed by atoms with van der Waals surface area (Å²) in [5.41, 5.74) is 6.11. The molecule has 0 saturated heterocycles. The first-order valence-corrected chi connectivity index (χ1v) is 3.77. The average Bonchev–Trinajstić information content (AvgIpc) is 2.06. The first-order chi connectivity index (χ1) is 6.02. The van der Waals surface area contributed by atoms with Crippen molar-refractivity contribution >= 4 is 11.7 Å². The number of carboxylic acid groups (broad SMARTS) is 1. The van der Waals surface area contributed by atoms with E-state index in [-0.39, 0.29) is 12.1 Å². The van der Waals surface area contributed by atoms with Crippen LogP contribution in [0.2, 0.25) is 0 Å². The normalized spacial score (nSPS) is 10.0. The summed E-state index contributed by atoms with van der Waals surface area (Å²) in [7, 11) is 0. The van der Waals surface area contributed by atoms with Crippen molar-refractivity contribution < 1.29 is 14.3 Å². The van der Waals surface area contributed by atoms with E-state index in [0.717, 1.165) is 0 Å². The van der Waals surface area contributed by atoms with Gasteiger partial charge in [0.25, 0.3) is 0 Å². The Bertz CT molecular complexity index is 350. The minimum Gasteiger partial charge on any atom is -0.481 e. The van der Waals surface area contributed by atoms with Gasteiger partial charge in [-0.3, -0.25) is 4.79 Å². The zero-order valence-corrected chi connectivity index (χ0v) is 7.17. The van der Waals surface area contributed by atoms with Gasteiger partial charge >= 0.3 is 5.97 Å². The summed E-state index contributed by atoms with van der Waals surface area (Å²) >= 11 is 0. The number of hydrogen-bond donors (Lipinski definition) is 2. The number of carboxylic acids is 1. The van der Waals surface area contributed by atoms with Crippen LogP contribution in [0.5, 0.6) is 0 Å². The first kappa shape index (κ1) is 9.51. The fourth-order valence-electron chi connectivity index (χ4n) is 1.10. The second-order valence-corrected chi connectivity index (χ2v) is 2.82. The molecule has 1 rings (SSSR count). The summed E-state index contributed by atoms with van der Waals surface area (Å²) in [6, 6.07) is 2.91. The van der Waals surface area contributed by atoms with Crippen LogP contribution in [0.1, 0.15) is 11.1 Å². The van der Waals surface area contributed by atoms with Crippen LogP contribution >= 0.6 is 0 Å². The van der Waals surface area contributed by atoms with Gasteiger partial charge in [-0.25, -0.2) is 4.39 Å². The minimum absolute atomic E-state index is 0.0478. The van der Waals surface area contributed by atoms with Gasteiger partial charge in [-0.05, 0) is 24.1 Å². The highest BCUT2D eigenvalue weighted by atomic mass is 19.1. The van der Waals surface area contributed by atoms with Crippen molar-refractivity contribution in [3.8, 4) is 0 Å². The smallest absolute Gasteiger partial charge is 0.307 e. The van der Waals surface area contributed by atoms with Gasteiger partial charge < -0.3 is 10.8 Å². The maximum Gasteiger partial charge on any atom is 0.307 e. The summed E-state index contributed by atoms with van der Waals surface area (Å²) < 4.78 is 13.1. The van der Waals surface area contributed by atoms with Gasteiger partial charge in [0, 0.05) is 0 Å². The Kier molecular flexibility index (Phi) is 2.51. The average molecular weight is 183 g/mol. The molecule has 0 heterocycles. The van der Waals surface area contributed by atoms with Crippen molar-refractivity contribution in [2.24, 2.45) is 0 Å². The van der Waals surface area contributed by atoms with E-state index in [4.69, 9.17) is 10.8 Å². The zero-order chi connectivity index (χ0) is 10.0. The van der Waals surface area contributed by atoms with Crippen LogP contribution in [0.3, 0.4) is 0 Å². The molecule has 0 bridgehead atoms. The second kappa shape index (κ2) is 3.43. The van der Waals surface area contributed by atoms with E-state index in [0.29, 0.717) is 11.1 Å². The highest BCUT2D eigenvalue weighted by Crippen LogP contribution is 2.18. The summed E-state index contributed by atoms with van der Waals surface area (Å²) in [5.74, 6) is -1.51. The standard InChI is InChI=1S/C9H10FNO2/c1-5-6(4-8(12)13)2-3-7(11)9(5)10/h2-3H,4,11H2,1H3,(H,12,13). The fourth-order valence-corrected chi connectivity index (χ4v) is 1.10. The Morgan fingerprint density at radius 2 is 2.23 bits per heavy atom. The third-order valence-corrected chi connectivity index (χ3v) is 1.87. The summed E-state index contributed by atoms with van der Waals surface area (Å²) in [6.45, 7) is 1.52. The predicted octanol–water partition coefficient (Wildman–Crippen LogP) is 1.34. The van der Waals surface area contributed by atoms with Gasteiger partial charge in [0.1, 0.15) is 5.82 Å². The molecule has 3 nitrogen and oxygen atoms in total. The van der Waals surface area contributed by atoms with Crippen molar-refractivity contribution in [3.05, 3.63) is 29.1 Å². The molecule has 0 spiro atoms. The predicted molar refractivity (Wildman–Crippen MR) is 46.9 cm³/mol. The van der Waals surface area contributed by atoms with Gasteiger partial charge in [0.05, 0.1) is 12.1 Å². The van der Waals surface area contributed by atoms with Crippen LogP contribution in [-0.4, -0.2) is 11.1 Å². The SMILES string of the molecule is Cc1c(CC(=O)O)ccc(N)c1F. The highest BCUT2D eigenvalue weighted by molar-refractivity contribution is 5.71. The lowest BCUT2D eigenvalue weighted by atomic mass is 10.0. The van der Waals surface area contributed by atoms with Crippen LogP contribution in [0.4, 0.5) is 10.1 Å². The Labute approximate surface area is 75.0 Å². The molecule has 0 radical (unpaired) electrons. The number of aliphatic carboxylic acids is 1. The first-order valence-electron chi connectivity index (χ1n) is 3.77. The molecule has 3 N–H and O–H groups in total. The molecule has 13 heavy (non-hydrogen) atoms. The van der Waals surface area contributed by atoms with Crippen molar-refractivity contribution in [1.82, 2.24) is 0 Å². The third kappa shape index (κ3) is 1.96. The van der Waals surface area contributed by atoms with Crippen LogP contribution < -0.4 is 5.73 Å². The van der Waals surface area contributed by atoms with Crippen LogP contribution in [-0.2, 0) is 11.2 Å². The highest BCUT2D eigenvalue weighted by Gasteiger charge is 2.09. The molecule has 0 unspecified atom stereocenters. The molecule has 0 aliphatic rings. The molecule has 0 aliphatic carbocycles. The topological polar surface area (TPSA) is 63.3 Å². The zero-order valence-electron chi connectivity index (χ0n) is 7.17. The van der Waals surface area contributed by atoms with Crippen molar-refractivity contribution in [2.45, 2.75) is 13.3 Å². The summed E-state index contributed by atoms with van der Waals surface area (Å²) in [5, 5.41) is 8.50. The molecule has 70 valence electrons. The maximum atomic E-state index is 13.1. The molecular weight excluding hydrogens is 173 g/mol. The van der Waals surface area contributed by atoms with E-state index in [1.54, 1.807) is 0 Å². The van der Waals surface area contributed by atoms with Crippen molar-refractivity contribution in [1.29, 1.82) is 0 Å². The number of anilines is 1. The Morgan fingerprint density at radius 3 is 2.77 bits per heavy atom. The summed E-state index contributed by atoms with van der Waals surface area (Å²) in [4.78, 5) is 10.4. The van der Waals surface area contributed by atoms with Crippen LogP contribution in [0.25, 0.3) is 0 Å². The lowest BCUT2D eigenvalue weighted by Crippen LogP contribution is -2.04. The number of carbonyl (C=O) groups is 1. The van der Waals surface area contributed by atoms with Gasteiger partial charge in [-0.15, -0.1) is 0 Å². The van der Waals surface area contributed by atoms with Crippen molar-refractivity contribution in [2.75, 3.05) is 5.73 Å². The molecule has 1 aromatic rings. The molecule has 4 heteroatoms. The molecule has 0 amide bonds. The lowest BCUT2D eigenvalue weighted by molar-refractivity contribution is -0.136. The van der Waals surface area contributed by atoms with Gasteiger partial charge in [-0.2, -0.15) is 0 Å². The third-order valence-electron chi connectivity index (χ3n) is 1.87. The quantitative estimate of drug-likeness (QED) is 0.680. The molecule has 0 aliphatic heterocycles. The number of nitrogen functional groups attached to an aromatic ring is 1. The minimum atomic E-state index is -0.979. The Hall–Kier alpha value is -1.58. The molecule has 1 aromatic carbocycles. The largest absolute Gasteiger partial charge is 0.481 e. The molecule has 0 saturated carbocycles. The van der Waals surface area contributed by atoms with E-state index in [1.807, 2.05) is 0 Å². The fraction of sp³-hybridized carbons (Fsp3) is 0.222. The number of benzene rings is 1. The number of rotatable bonds is 2. The van der Waals surface area contributed by atoms with Crippen LogP contribution in [0.15, 0.2) is 12.1 Å². The van der Waals surface area contributed by atoms with E-state index in [1.165, 1.54) is 19.1 Å². The Balaban J connectivity index is 3.10. The maximum absolute atomic E-state index is 13.1. The van der Waals surface area contributed by atoms with Crippen LogP contribution in [0, 0.1) is 12.7 Å². The van der Waals surface area contributed by atoms with Crippen molar-refractivity contribution in [3.63, 3.8) is 0 Å². The lowest BCUT2D eigenvalue weighted by Gasteiger charge is -2.05. The summed E-state index contributed by atoms with van der Waals surface area (Å²) in [6.07, 6.45) is -0.178. The van der Waals surface area contributed by atoms with E-state index < -0.39 is 11.8 Å². The van der Waals surface area contributed by atoms with E-state index in [2.05, 4.69) is 0 Å². The number of halogens is 1. The molecule has 0 fully saturated rings.